The average Bonchev–Trinajstić information content (AvgIpc) is 3.11. The smallest absolute Gasteiger partial charge is 0.195 e. The van der Waals surface area contributed by atoms with Gasteiger partial charge in [0, 0.05) is 22.9 Å². The van der Waals surface area contributed by atoms with Gasteiger partial charge in [-0.2, -0.15) is 5.26 Å². The predicted molar refractivity (Wildman–Crippen MR) is 93.9 cm³/mol. The van der Waals surface area contributed by atoms with Crippen LogP contribution >= 0.6 is 0 Å². The molecule has 0 fully saturated rings. The number of ketones is 1. The minimum Gasteiger partial charge on any atom is -0.497 e. The lowest BCUT2D eigenvalue weighted by atomic mass is 10.00. The molecule has 0 N–H and O–H groups in total. The highest BCUT2D eigenvalue weighted by atomic mass is 16.5. The zero-order valence-electron chi connectivity index (χ0n) is 13.9. The Morgan fingerprint density at radius 1 is 0.920 bits per heavy atom. The van der Waals surface area contributed by atoms with Crippen LogP contribution in [0.2, 0.25) is 0 Å². The molecule has 2 aromatic carbocycles. The first-order chi connectivity index (χ1) is 12.2. The molecule has 5 heteroatoms. The van der Waals surface area contributed by atoms with Crippen LogP contribution in [-0.4, -0.2) is 24.6 Å². The Bertz CT molecular complexity index is 933. The summed E-state index contributed by atoms with van der Waals surface area (Å²) in [6, 6.07) is 15.8. The second-order valence-corrected chi connectivity index (χ2v) is 5.33. The molecule has 0 aliphatic heterocycles. The number of hydrogen-bond acceptors (Lipinski definition) is 4. The van der Waals surface area contributed by atoms with Gasteiger partial charge in [0.1, 0.15) is 11.5 Å². The number of hydrogen-bond donors (Lipinski definition) is 0. The predicted octanol–water partition coefficient (Wildman–Crippen LogP) is 3.73. The van der Waals surface area contributed by atoms with Gasteiger partial charge in [-0.3, -0.25) is 9.36 Å². The van der Waals surface area contributed by atoms with Gasteiger partial charge in [-0.15, -0.1) is 0 Å². The SMILES string of the molecule is COc1ccc(C(=O)c2ccn(C#N)c2-c2ccc(OC)cc2)cc1. The maximum atomic E-state index is 12.9. The number of carbonyl (C=O) groups is 1. The van der Waals surface area contributed by atoms with Crippen molar-refractivity contribution in [3.05, 3.63) is 71.9 Å². The molecular weight excluding hydrogens is 316 g/mol. The molecule has 25 heavy (non-hydrogen) atoms. The summed E-state index contributed by atoms with van der Waals surface area (Å²) >= 11 is 0. The van der Waals surface area contributed by atoms with E-state index in [9.17, 15) is 10.1 Å². The van der Waals surface area contributed by atoms with Crippen molar-refractivity contribution in [3.63, 3.8) is 0 Å². The minimum atomic E-state index is -0.150. The topological polar surface area (TPSA) is 64.2 Å². The van der Waals surface area contributed by atoms with Crippen LogP contribution in [0.5, 0.6) is 11.5 Å². The Morgan fingerprint density at radius 2 is 1.48 bits per heavy atom. The lowest BCUT2D eigenvalue weighted by molar-refractivity contribution is 0.103. The number of aromatic nitrogens is 1. The highest BCUT2D eigenvalue weighted by Crippen LogP contribution is 2.28. The molecule has 0 atom stereocenters. The van der Waals surface area contributed by atoms with E-state index in [-0.39, 0.29) is 5.78 Å². The molecule has 0 saturated heterocycles. The van der Waals surface area contributed by atoms with Gasteiger partial charge in [0.15, 0.2) is 12.0 Å². The van der Waals surface area contributed by atoms with E-state index in [4.69, 9.17) is 9.47 Å². The van der Waals surface area contributed by atoms with E-state index in [1.807, 2.05) is 12.1 Å². The fourth-order valence-corrected chi connectivity index (χ4v) is 2.64. The summed E-state index contributed by atoms with van der Waals surface area (Å²) in [6.07, 6.45) is 3.67. The Balaban J connectivity index is 2.05. The number of rotatable bonds is 5. The second kappa shape index (κ2) is 6.93. The van der Waals surface area contributed by atoms with Gasteiger partial charge in [0.2, 0.25) is 0 Å². The summed E-state index contributed by atoms with van der Waals surface area (Å²) in [5, 5.41) is 9.37. The lowest BCUT2D eigenvalue weighted by Crippen LogP contribution is -2.03. The molecule has 1 heterocycles. The molecule has 0 radical (unpaired) electrons. The van der Waals surface area contributed by atoms with Crippen molar-refractivity contribution in [3.8, 4) is 28.9 Å². The molecule has 0 amide bonds. The first-order valence-electron chi connectivity index (χ1n) is 7.62. The second-order valence-electron chi connectivity index (χ2n) is 5.33. The molecule has 124 valence electrons. The molecule has 3 rings (SSSR count). The third-order valence-electron chi connectivity index (χ3n) is 3.95. The van der Waals surface area contributed by atoms with Crippen molar-refractivity contribution in [2.24, 2.45) is 0 Å². The number of nitrogens with zero attached hydrogens (tertiary/aromatic N) is 2. The van der Waals surface area contributed by atoms with Crippen LogP contribution in [0.3, 0.4) is 0 Å². The molecule has 5 nitrogen and oxygen atoms in total. The molecule has 0 aliphatic rings. The molecule has 0 saturated carbocycles. The fourth-order valence-electron chi connectivity index (χ4n) is 2.64. The third kappa shape index (κ3) is 3.10. The van der Waals surface area contributed by atoms with E-state index in [2.05, 4.69) is 6.19 Å². The van der Waals surface area contributed by atoms with Crippen molar-refractivity contribution in [1.82, 2.24) is 4.57 Å². The van der Waals surface area contributed by atoms with Crippen molar-refractivity contribution in [1.29, 1.82) is 5.26 Å². The zero-order chi connectivity index (χ0) is 17.8. The van der Waals surface area contributed by atoms with Crippen LogP contribution in [-0.2, 0) is 0 Å². The molecule has 1 aromatic heterocycles. The van der Waals surface area contributed by atoms with Gasteiger partial charge in [-0.1, -0.05) is 0 Å². The van der Waals surface area contributed by atoms with E-state index >= 15 is 0 Å². The Morgan fingerprint density at radius 3 is 2.00 bits per heavy atom. The quantitative estimate of drug-likeness (QED) is 0.668. The number of methoxy groups -OCH3 is 2. The maximum absolute atomic E-state index is 12.9. The number of benzene rings is 2. The minimum absolute atomic E-state index is 0.150. The largest absolute Gasteiger partial charge is 0.497 e. The van der Waals surface area contributed by atoms with Crippen LogP contribution in [0.4, 0.5) is 0 Å². The van der Waals surface area contributed by atoms with Crippen molar-refractivity contribution in [2.75, 3.05) is 14.2 Å². The average molecular weight is 332 g/mol. The lowest BCUT2D eigenvalue weighted by Gasteiger charge is -2.08. The standard InChI is InChI=1S/C20H16N2O3/c1-24-16-7-3-14(4-8-16)19-18(11-12-22(19)13-21)20(23)15-5-9-17(25-2)10-6-15/h3-12H,1-2H3. The van der Waals surface area contributed by atoms with Gasteiger partial charge in [0.05, 0.1) is 19.9 Å². The Hall–Kier alpha value is -3.52. The Kier molecular flexibility index (Phi) is 4.53. The summed E-state index contributed by atoms with van der Waals surface area (Å²) in [7, 11) is 3.16. The molecule has 0 bridgehead atoms. The molecule has 3 aromatic rings. The van der Waals surface area contributed by atoms with E-state index in [0.29, 0.717) is 28.3 Å². The van der Waals surface area contributed by atoms with Crippen molar-refractivity contribution < 1.29 is 14.3 Å². The van der Waals surface area contributed by atoms with E-state index in [1.165, 1.54) is 4.57 Å². The van der Waals surface area contributed by atoms with E-state index in [1.54, 1.807) is 62.9 Å². The zero-order valence-corrected chi connectivity index (χ0v) is 13.9. The van der Waals surface area contributed by atoms with E-state index < -0.39 is 0 Å². The Labute approximate surface area is 145 Å². The maximum Gasteiger partial charge on any atom is 0.195 e. The third-order valence-corrected chi connectivity index (χ3v) is 3.95. The van der Waals surface area contributed by atoms with Gasteiger partial charge < -0.3 is 9.47 Å². The summed E-state index contributed by atoms with van der Waals surface area (Å²) in [5.41, 5.74) is 2.33. The van der Waals surface area contributed by atoms with Crippen LogP contribution in [0, 0.1) is 11.5 Å². The van der Waals surface area contributed by atoms with Gasteiger partial charge in [-0.05, 0) is 54.6 Å². The first-order valence-corrected chi connectivity index (χ1v) is 7.62. The summed E-state index contributed by atoms with van der Waals surface area (Å²) in [6.45, 7) is 0. The van der Waals surface area contributed by atoms with Crippen LogP contribution in [0.15, 0.2) is 60.8 Å². The van der Waals surface area contributed by atoms with Gasteiger partial charge in [-0.25, -0.2) is 0 Å². The molecule has 0 unspecified atom stereocenters. The van der Waals surface area contributed by atoms with Crippen LogP contribution < -0.4 is 9.47 Å². The van der Waals surface area contributed by atoms with Gasteiger partial charge >= 0.3 is 0 Å². The fraction of sp³-hybridized carbons (Fsp3) is 0.100. The normalized spacial score (nSPS) is 10.1. The monoisotopic (exact) mass is 332 g/mol. The van der Waals surface area contributed by atoms with Crippen molar-refractivity contribution in [2.45, 2.75) is 0 Å². The van der Waals surface area contributed by atoms with Crippen LogP contribution in [0.1, 0.15) is 15.9 Å². The molecular formula is C20H16N2O3. The van der Waals surface area contributed by atoms with Gasteiger partial charge in [0.25, 0.3) is 0 Å². The number of nitriles is 1. The highest BCUT2D eigenvalue weighted by molar-refractivity contribution is 6.12. The summed E-state index contributed by atoms with van der Waals surface area (Å²) < 4.78 is 11.7. The first kappa shape index (κ1) is 16.3. The molecule has 0 aliphatic carbocycles. The van der Waals surface area contributed by atoms with Crippen LogP contribution in [0.25, 0.3) is 11.3 Å². The number of ether oxygens (including phenoxy) is 2. The number of carbonyl (C=O) groups excluding carboxylic acids is 1. The molecule has 0 spiro atoms. The van der Waals surface area contributed by atoms with E-state index in [0.717, 1.165) is 5.56 Å². The van der Waals surface area contributed by atoms with Crippen molar-refractivity contribution >= 4 is 5.78 Å². The summed E-state index contributed by atoms with van der Waals surface area (Å²) in [5.74, 6) is 1.24. The highest BCUT2D eigenvalue weighted by Gasteiger charge is 2.19. The summed E-state index contributed by atoms with van der Waals surface area (Å²) in [4.78, 5) is 12.9.